The molecule has 4 nitrogen and oxygen atoms in total. The molecule has 2 atom stereocenters. The van der Waals surface area contributed by atoms with Gasteiger partial charge in [0.1, 0.15) is 0 Å². The van der Waals surface area contributed by atoms with Crippen molar-refractivity contribution in [3.05, 3.63) is 35.9 Å². The third-order valence-corrected chi connectivity index (χ3v) is 3.62. The summed E-state index contributed by atoms with van der Waals surface area (Å²) in [7, 11) is 0. The number of hydrogen-bond acceptors (Lipinski definition) is 3. The van der Waals surface area contributed by atoms with Gasteiger partial charge in [0, 0.05) is 17.9 Å². The lowest BCUT2D eigenvalue weighted by Gasteiger charge is -2.11. The van der Waals surface area contributed by atoms with Crippen LogP contribution in [0, 0.1) is 11.3 Å². The van der Waals surface area contributed by atoms with Gasteiger partial charge in [0.2, 0.25) is 5.91 Å². The smallest absolute Gasteiger partial charge is 0.338 e. The monoisotopic (exact) mass is 231 g/mol. The van der Waals surface area contributed by atoms with Crippen LogP contribution in [0.1, 0.15) is 16.8 Å². The summed E-state index contributed by atoms with van der Waals surface area (Å²) in [6, 6.07) is 8.90. The summed E-state index contributed by atoms with van der Waals surface area (Å²) in [6.45, 7) is 0.975. The highest BCUT2D eigenvalue weighted by molar-refractivity contribution is 5.89. The summed E-state index contributed by atoms with van der Waals surface area (Å²) < 4.78 is 5.27. The molecule has 0 bridgehead atoms. The number of benzene rings is 1. The summed E-state index contributed by atoms with van der Waals surface area (Å²) in [6.07, 6.45) is 0.848. The Labute approximate surface area is 99.0 Å². The summed E-state index contributed by atoms with van der Waals surface area (Å²) in [5.74, 6) is -0.156. The van der Waals surface area contributed by atoms with E-state index in [2.05, 4.69) is 5.32 Å². The second-order valence-corrected chi connectivity index (χ2v) is 4.78. The molecule has 2 fully saturated rings. The van der Waals surface area contributed by atoms with Crippen LogP contribution in [0.2, 0.25) is 0 Å². The van der Waals surface area contributed by atoms with Crippen LogP contribution in [0.3, 0.4) is 0 Å². The van der Waals surface area contributed by atoms with Crippen LogP contribution >= 0.6 is 0 Å². The minimum absolute atomic E-state index is 0.0612. The van der Waals surface area contributed by atoms with Gasteiger partial charge in [0.15, 0.2) is 0 Å². The fraction of sp³-hybridized carbons (Fsp3) is 0.385. The van der Waals surface area contributed by atoms with E-state index < -0.39 is 0 Å². The highest BCUT2D eigenvalue weighted by Gasteiger charge is 2.63. The van der Waals surface area contributed by atoms with Crippen LogP contribution in [0.4, 0.5) is 0 Å². The predicted molar refractivity (Wildman–Crippen MR) is 60.3 cm³/mol. The predicted octanol–water partition coefficient (Wildman–Crippen LogP) is 0.979. The lowest BCUT2D eigenvalue weighted by atomic mass is 10.1. The first-order chi connectivity index (χ1) is 8.21. The van der Waals surface area contributed by atoms with Gasteiger partial charge in [-0.3, -0.25) is 4.79 Å². The van der Waals surface area contributed by atoms with Crippen molar-refractivity contribution in [3.8, 4) is 0 Å². The van der Waals surface area contributed by atoms with Gasteiger partial charge in [0.25, 0.3) is 0 Å². The molecule has 1 heterocycles. The van der Waals surface area contributed by atoms with Gasteiger partial charge in [-0.25, -0.2) is 4.79 Å². The van der Waals surface area contributed by atoms with Crippen molar-refractivity contribution in [2.75, 3.05) is 13.2 Å². The van der Waals surface area contributed by atoms with Gasteiger partial charge in [-0.2, -0.15) is 0 Å². The maximum Gasteiger partial charge on any atom is 0.338 e. The molecule has 1 aromatic rings. The SMILES string of the molecule is O=C(OC[C@]12CNC(=O)[C@H]1C2)c1ccccc1. The first kappa shape index (κ1) is 10.3. The van der Waals surface area contributed by atoms with E-state index in [-0.39, 0.29) is 23.2 Å². The van der Waals surface area contributed by atoms with Gasteiger partial charge >= 0.3 is 5.97 Å². The number of hydrogen-bond donors (Lipinski definition) is 1. The Hall–Kier alpha value is -1.84. The lowest BCUT2D eigenvalue weighted by molar-refractivity contribution is -0.120. The molecule has 88 valence electrons. The minimum Gasteiger partial charge on any atom is -0.461 e. The number of fused-ring (bicyclic) bond motifs is 1. The fourth-order valence-corrected chi connectivity index (χ4v) is 2.38. The van der Waals surface area contributed by atoms with E-state index in [1.54, 1.807) is 24.3 Å². The zero-order valence-electron chi connectivity index (χ0n) is 9.31. The van der Waals surface area contributed by atoms with Crippen molar-refractivity contribution in [1.29, 1.82) is 0 Å². The van der Waals surface area contributed by atoms with Gasteiger partial charge in [-0.05, 0) is 18.6 Å². The molecule has 1 saturated carbocycles. The molecule has 0 spiro atoms. The number of piperidine rings is 1. The van der Waals surface area contributed by atoms with E-state index >= 15 is 0 Å². The molecule has 0 aromatic heterocycles. The van der Waals surface area contributed by atoms with Crippen LogP contribution in [-0.2, 0) is 9.53 Å². The number of carbonyl (C=O) groups is 2. The zero-order chi connectivity index (χ0) is 11.9. The molecular weight excluding hydrogens is 218 g/mol. The van der Waals surface area contributed by atoms with Crippen molar-refractivity contribution in [3.63, 3.8) is 0 Å². The molecular formula is C13H13NO3. The van der Waals surface area contributed by atoms with Crippen LogP contribution in [0.25, 0.3) is 0 Å². The van der Waals surface area contributed by atoms with Gasteiger partial charge in [-0.1, -0.05) is 18.2 Å². The molecule has 4 heteroatoms. The van der Waals surface area contributed by atoms with E-state index in [4.69, 9.17) is 4.74 Å². The Bertz CT molecular complexity index is 471. The number of rotatable bonds is 3. The van der Waals surface area contributed by atoms with E-state index in [0.717, 1.165) is 6.42 Å². The Morgan fingerprint density at radius 2 is 2.18 bits per heavy atom. The van der Waals surface area contributed by atoms with Crippen molar-refractivity contribution in [2.45, 2.75) is 6.42 Å². The molecule has 0 radical (unpaired) electrons. The zero-order valence-corrected chi connectivity index (χ0v) is 9.31. The second kappa shape index (κ2) is 3.58. The van der Waals surface area contributed by atoms with Crippen LogP contribution in [-0.4, -0.2) is 25.0 Å². The van der Waals surface area contributed by atoms with Crippen molar-refractivity contribution >= 4 is 11.9 Å². The van der Waals surface area contributed by atoms with Gasteiger partial charge in [0.05, 0.1) is 12.2 Å². The topological polar surface area (TPSA) is 55.4 Å². The summed E-state index contributed by atoms with van der Waals surface area (Å²) >= 11 is 0. The van der Waals surface area contributed by atoms with Crippen LogP contribution in [0.5, 0.6) is 0 Å². The first-order valence-corrected chi connectivity index (χ1v) is 5.71. The Morgan fingerprint density at radius 1 is 1.41 bits per heavy atom. The molecule has 3 rings (SSSR count). The third kappa shape index (κ3) is 1.69. The van der Waals surface area contributed by atoms with Crippen molar-refractivity contribution in [1.82, 2.24) is 5.32 Å². The normalized spacial score (nSPS) is 29.4. The highest BCUT2D eigenvalue weighted by atomic mass is 16.5. The largest absolute Gasteiger partial charge is 0.461 e. The molecule has 1 aliphatic carbocycles. The third-order valence-electron chi connectivity index (χ3n) is 3.62. The molecule has 2 aliphatic rings. The average Bonchev–Trinajstić information content (AvgIpc) is 3.02. The Kier molecular flexibility index (Phi) is 2.18. The summed E-state index contributed by atoms with van der Waals surface area (Å²) in [4.78, 5) is 23.0. The molecule has 1 aromatic carbocycles. The molecule has 1 N–H and O–H groups in total. The molecule has 17 heavy (non-hydrogen) atoms. The van der Waals surface area contributed by atoms with Crippen LogP contribution < -0.4 is 5.32 Å². The van der Waals surface area contributed by atoms with E-state index in [1.165, 1.54) is 0 Å². The Morgan fingerprint density at radius 3 is 2.76 bits per heavy atom. The molecule has 1 amide bonds. The first-order valence-electron chi connectivity index (χ1n) is 5.71. The van der Waals surface area contributed by atoms with Crippen LogP contribution in [0.15, 0.2) is 30.3 Å². The standard InChI is InChI=1S/C13H13NO3/c15-11-10-6-13(10,7-14-11)8-17-12(16)9-4-2-1-3-5-9/h1-5,10H,6-8H2,(H,14,15)/t10-,13+/m1/s1. The maximum absolute atomic E-state index is 11.7. The molecule has 1 aliphatic heterocycles. The second-order valence-electron chi connectivity index (χ2n) is 4.78. The van der Waals surface area contributed by atoms with Crippen molar-refractivity contribution < 1.29 is 14.3 Å². The van der Waals surface area contributed by atoms with E-state index in [0.29, 0.717) is 18.7 Å². The molecule has 1 saturated heterocycles. The van der Waals surface area contributed by atoms with Gasteiger partial charge < -0.3 is 10.1 Å². The minimum atomic E-state index is -0.315. The molecule has 0 unspecified atom stereocenters. The number of ether oxygens (including phenoxy) is 1. The quantitative estimate of drug-likeness (QED) is 0.789. The summed E-state index contributed by atoms with van der Waals surface area (Å²) in [5, 5.41) is 2.79. The average molecular weight is 231 g/mol. The van der Waals surface area contributed by atoms with E-state index in [1.807, 2.05) is 6.07 Å². The lowest BCUT2D eigenvalue weighted by Crippen LogP contribution is -2.24. The Balaban J connectivity index is 1.60. The number of amides is 1. The number of carbonyl (C=O) groups excluding carboxylic acids is 2. The van der Waals surface area contributed by atoms with E-state index in [9.17, 15) is 9.59 Å². The number of nitrogens with one attached hydrogen (secondary N) is 1. The van der Waals surface area contributed by atoms with Gasteiger partial charge in [-0.15, -0.1) is 0 Å². The number of esters is 1. The summed E-state index contributed by atoms with van der Waals surface area (Å²) in [5.41, 5.74) is 0.444. The highest BCUT2D eigenvalue weighted by Crippen LogP contribution is 2.55. The maximum atomic E-state index is 11.7. The fourth-order valence-electron chi connectivity index (χ4n) is 2.38. The van der Waals surface area contributed by atoms with Crippen molar-refractivity contribution in [2.24, 2.45) is 11.3 Å².